The van der Waals surface area contributed by atoms with Gasteiger partial charge in [0.05, 0.1) is 23.0 Å². The number of ketones is 1. The van der Waals surface area contributed by atoms with E-state index in [2.05, 4.69) is 26.1 Å². The van der Waals surface area contributed by atoms with Crippen LogP contribution < -0.4 is 80.1 Å². The molecule has 0 aromatic heterocycles. The van der Waals surface area contributed by atoms with E-state index >= 15 is 0 Å². The Bertz CT molecular complexity index is 2260. The standard InChI is InChI=1S/C35H25N5O7S.2Na/c41-31-17-16-28(20-30(31)35(43)44)39-37-25-11-6-21(7-12-25)22-8-13-26(14-9-22)38-40-33-32(48(45,46)47)18-23-10-15-27(19-29(23)34(33)42)36-24-4-2-1-3-5-24;;/h1-20,36,38,41H,(H,43,44)(H,45,46,47);;/q;2*+1/p-2. The minimum atomic E-state index is -4.79. The number of carboxylic acids is 1. The number of nitrogens with one attached hydrogen (secondary N) is 2. The third kappa shape index (κ3) is 9.01. The van der Waals surface area contributed by atoms with Gasteiger partial charge in [0.25, 0.3) is 10.1 Å². The topological polar surface area (TPSA) is 196 Å². The van der Waals surface area contributed by atoms with Crippen LogP contribution in [-0.2, 0) is 10.1 Å². The molecule has 3 N–H and O–H groups in total. The molecule has 0 atom stereocenters. The van der Waals surface area contributed by atoms with Crippen LogP contribution in [0, 0.1) is 0 Å². The summed E-state index contributed by atoms with van der Waals surface area (Å²) in [6, 6.07) is 31.7. The van der Waals surface area contributed by atoms with E-state index in [1.807, 2.05) is 30.3 Å². The molecule has 0 fully saturated rings. The molecule has 1 aliphatic rings. The number of carbonyl (C=O) groups is 2. The van der Waals surface area contributed by atoms with Crippen LogP contribution >= 0.6 is 0 Å². The van der Waals surface area contributed by atoms with Gasteiger partial charge in [0.15, 0.2) is 5.71 Å². The maximum absolute atomic E-state index is 13.5. The minimum Gasteiger partial charge on any atom is -0.872 e. The van der Waals surface area contributed by atoms with Crippen LogP contribution in [-0.4, -0.2) is 30.4 Å². The smallest absolute Gasteiger partial charge is 0.872 e. The van der Waals surface area contributed by atoms with E-state index in [1.165, 1.54) is 12.1 Å². The van der Waals surface area contributed by atoms with E-state index in [9.17, 15) is 32.8 Å². The number of anilines is 3. The van der Waals surface area contributed by atoms with E-state index in [-0.39, 0.29) is 70.4 Å². The average molecular weight is 704 g/mol. The predicted molar refractivity (Wildman–Crippen MR) is 177 cm³/mol. The Kier molecular flexibility index (Phi) is 12.7. The van der Waals surface area contributed by atoms with Crippen molar-refractivity contribution in [1.29, 1.82) is 0 Å². The number of nitrogens with zero attached hydrogens (tertiary/aromatic N) is 3. The molecule has 1 aliphatic carbocycles. The summed E-state index contributed by atoms with van der Waals surface area (Å²) < 4.78 is 34.4. The monoisotopic (exact) mass is 703 g/mol. The zero-order chi connectivity index (χ0) is 33.8. The number of Topliss-reactive ketones (excluding diaryl/α,β-unsaturated/α-hetero) is 1. The van der Waals surface area contributed by atoms with E-state index in [0.717, 1.165) is 28.9 Å². The number of rotatable bonds is 9. The summed E-state index contributed by atoms with van der Waals surface area (Å²) in [6.07, 6.45) is 1.21. The van der Waals surface area contributed by atoms with Crippen molar-refractivity contribution >= 4 is 62.1 Å². The van der Waals surface area contributed by atoms with Crippen molar-refractivity contribution in [3.8, 4) is 16.9 Å². The maximum atomic E-state index is 13.5. The van der Waals surface area contributed by atoms with Crippen molar-refractivity contribution in [2.75, 3.05) is 10.7 Å². The second-order valence-electron chi connectivity index (χ2n) is 10.5. The number of aromatic carboxylic acids is 1. The molecule has 0 amide bonds. The Morgan fingerprint density at radius 3 is 1.96 bits per heavy atom. The molecule has 15 heteroatoms. The first-order valence-electron chi connectivity index (χ1n) is 14.2. The van der Waals surface area contributed by atoms with Crippen LogP contribution in [0.1, 0.15) is 26.3 Å². The van der Waals surface area contributed by atoms with Crippen LogP contribution in [0.25, 0.3) is 17.2 Å². The Morgan fingerprint density at radius 2 is 1.32 bits per heavy atom. The largest absolute Gasteiger partial charge is 1.00 e. The van der Waals surface area contributed by atoms with Crippen molar-refractivity contribution in [1.82, 2.24) is 0 Å². The molecule has 238 valence electrons. The normalized spacial score (nSPS) is 13.1. The SMILES string of the molecule is O=C([O-])c1cc(N=Nc2ccc(-c3ccc(NN=C4C(=O)c5cc(Nc6ccccc6)ccc5C=C4S(=O)(=O)O)cc3)cc2)ccc1[O-].[Na+].[Na+]. The molecule has 0 bridgehead atoms. The molecular weight excluding hydrogens is 680 g/mol. The van der Waals surface area contributed by atoms with Crippen molar-refractivity contribution in [3.63, 3.8) is 0 Å². The average Bonchev–Trinajstić information content (AvgIpc) is 3.08. The first kappa shape index (κ1) is 38.4. The van der Waals surface area contributed by atoms with Gasteiger partial charge in [0, 0.05) is 16.9 Å². The van der Waals surface area contributed by atoms with Gasteiger partial charge in [0.1, 0.15) is 4.91 Å². The summed E-state index contributed by atoms with van der Waals surface area (Å²) in [5, 5.41) is 38.0. The number of hydrogen-bond donors (Lipinski definition) is 3. The number of fused-ring (bicyclic) bond motifs is 1. The fourth-order valence-corrected chi connectivity index (χ4v) is 5.49. The van der Waals surface area contributed by atoms with Gasteiger partial charge < -0.3 is 20.3 Å². The zero-order valence-corrected chi connectivity index (χ0v) is 31.5. The molecule has 0 saturated heterocycles. The van der Waals surface area contributed by atoms with Crippen molar-refractivity contribution < 1.29 is 91.9 Å². The Hall–Kier alpha value is -4.44. The number of azo groups is 1. The van der Waals surface area contributed by atoms with Crippen molar-refractivity contribution in [2.24, 2.45) is 15.3 Å². The summed E-state index contributed by atoms with van der Waals surface area (Å²) in [5.41, 5.74) is 6.47. The first-order chi connectivity index (χ1) is 23.0. The third-order valence-electron chi connectivity index (χ3n) is 7.22. The fourth-order valence-electron chi connectivity index (χ4n) is 4.83. The third-order valence-corrected chi connectivity index (χ3v) is 8.09. The van der Waals surface area contributed by atoms with E-state index in [1.54, 1.807) is 66.7 Å². The number of allylic oxidation sites excluding steroid dienone is 1. The number of benzene rings is 5. The van der Waals surface area contributed by atoms with Crippen LogP contribution in [0.15, 0.2) is 135 Å². The molecule has 0 unspecified atom stereocenters. The fraction of sp³-hybridized carbons (Fsp3) is 0. The number of para-hydroxylation sites is 1. The summed E-state index contributed by atoms with van der Waals surface area (Å²) in [5.74, 6) is -2.94. The van der Waals surface area contributed by atoms with Crippen LogP contribution in [0.5, 0.6) is 5.75 Å². The second kappa shape index (κ2) is 16.5. The zero-order valence-electron chi connectivity index (χ0n) is 26.7. The molecule has 0 spiro atoms. The molecule has 50 heavy (non-hydrogen) atoms. The van der Waals surface area contributed by atoms with Gasteiger partial charge in [-0.05, 0) is 89.0 Å². The molecule has 0 heterocycles. The van der Waals surface area contributed by atoms with Crippen LogP contribution in [0.4, 0.5) is 28.4 Å². The van der Waals surface area contributed by atoms with E-state index in [4.69, 9.17) is 0 Å². The molecule has 12 nitrogen and oxygen atoms in total. The molecule has 5 aromatic carbocycles. The number of hydrogen-bond acceptors (Lipinski definition) is 11. The van der Waals surface area contributed by atoms with Crippen molar-refractivity contribution in [3.05, 3.63) is 137 Å². The number of carbonyl (C=O) groups excluding carboxylic acids is 2. The van der Waals surface area contributed by atoms with Gasteiger partial charge in [-0.3, -0.25) is 14.8 Å². The van der Waals surface area contributed by atoms with Gasteiger partial charge in [-0.25, -0.2) is 0 Å². The number of carboxylic acid groups (broad SMARTS) is 1. The van der Waals surface area contributed by atoms with Gasteiger partial charge in [0.2, 0.25) is 5.78 Å². The number of hydrazone groups is 1. The Morgan fingerprint density at radius 1 is 0.720 bits per heavy atom. The minimum absolute atomic E-state index is 0. The van der Waals surface area contributed by atoms with E-state index in [0.29, 0.717) is 22.6 Å². The Labute approximate surface area is 331 Å². The Balaban J connectivity index is 0.00000281. The van der Waals surface area contributed by atoms with E-state index < -0.39 is 43.8 Å². The van der Waals surface area contributed by atoms with Gasteiger partial charge in [-0.2, -0.15) is 23.7 Å². The maximum Gasteiger partial charge on any atom is 1.00 e. The van der Waals surface area contributed by atoms with Gasteiger partial charge >= 0.3 is 59.1 Å². The quantitative estimate of drug-likeness (QED) is 0.0810. The van der Waals surface area contributed by atoms with Gasteiger partial charge in [-0.1, -0.05) is 60.3 Å². The predicted octanol–water partition coefficient (Wildman–Crippen LogP) is -0.149. The molecule has 5 aromatic rings. The second-order valence-corrected chi connectivity index (χ2v) is 11.9. The molecular formula is C35H23N5Na2O7S. The first-order valence-corrected chi connectivity index (χ1v) is 15.7. The summed E-state index contributed by atoms with van der Waals surface area (Å²) in [6.45, 7) is 0. The van der Waals surface area contributed by atoms with Gasteiger partial charge in [-0.15, -0.1) is 0 Å². The summed E-state index contributed by atoms with van der Waals surface area (Å²) in [7, 11) is -4.79. The summed E-state index contributed by atoms with van der Waals surface area (Å²) >= 11 is 0. The molecule has 0 radical (unpaired) electrons. The molecule has 0 saturated carbocycles. The molecule has 6 rings (SSSR count). The molecule has 0 aliphatic heterocycles. The van der Waals surface area contributed by atoms with Crippen LogP contribution in [0.3, 0.4) is 0 Å². The van der Waals surface area contributed by atoms with Crippen LogP contribution in [0.2, 0.25) is 0 Å². The summed E-state index contributed by atoms with van der Waals surface area (Å²) in [4.78, 5) is 23.9. The van der Waals surface area contributed by atoms with Crippen molar-refractivity contribution in [2.45, 2.75) is 0 Å².